The van der Waals surface area contributed by atoms with Gasteiger partial charge in [-0.15, -0.1) is 0 Å². The van der Waals surface area contributed by atoms with E-state index < -0.39 is 0 Å². The van der Waals surface area contributed by atoms with Crippen LogP contribution in [-0.4, -0.2) is 5.11 Å². The number of benzene rings is 2. The third kappa shape index (κ3) is 3.65. The predicted molar refractivity (Wildman–Crippen MR) is 60.0 cm³/mol. The van der Waals surface area contributed by atoms with Crippen molar-refractivity contribution in [2.75, 3.05) is 0 Å². The van der Waals surface area contributed by atoms with Gasteiger partial charge in [0.1, 0.15) is 11.5 Å². The molecular formula is C13H13NaO2. The Kier molecular flexibility index (Phi) is 5.56. The zero-order chi connectivity index (χ0) is 10.5. The molecule has 0 aromatic heterocycles. The Labute approximate surface area is 119 Å². The van der Waals surface area contributed by atoms with Gasteiger partial charge in [0.2, 0.25) is 0 Å². The average Bonchev–Trinajstić information content (AvgIpc) is 2.31. The van der Waals surface area contributed by atoms with Gasteiger partial charge in [0.25, 0.3) is 0 Å². The van der Waals surface area contributed by atoms with E-state index in [4.69, 9.17) is 9.84 Å². The van der Waals surface area contributed by atoms with Gasteiger partial charge in [-0.1, -0.05) is 30.3 Å². The van der Waals surface area contributed by atoms with E-state index in [1.54, 1.807) is 0 Å². The van der Waals surface area contributed by atoms with Crippen molar-refractivity contribution in [2.24, 2.45) is 0 Å². The smallest absolute Gasteiger partial charge is 1.00 e. The van der Waals surface area contributed by atoms with Gasteiger partial charge < -0.3 is 11.3 Å². The standard InChI is InChI=1S/C13H12O2.Na.H/c14-10-11-6-8-13(9-7-11)15-12-4-2-1-3-5-12;;/h1-9,14H,10H2;;/q;+1;-1. The summed E-state index contributed by atoms with van der Waals surface area (Å²) in [4.78, 5) is 0. The van der Waals surface area contributed by atoms with E-state index in [1.165, 1.54) is 0 Å². The number of para-hydroxylation sites is 1. The van der Waals surface area contributed by atoms with Crippen molar-refractivity contribution in [1.82, 2.24) is 0 Å². The number of rotatable bonds is 3. The summed E-state index contributed by atoms with van der Waals surface area (Å²) >= 11 is 0. The monoisotopic (exact) mass is 224 g/mol. The molecule has 0 atom stereocenters. The number of ether oxygens (including phenoxy) is 1. The third-order valence-corrected chi connectivity index (χ3v) is 2.08. The zero-order valence-electron chi connectivity index (χ0n) is 10.3. The van der Waals surface area contributed by atoms with Gasteiger partial charge in [0.15, 0.2) is 0 Å². The Morgan fingerprint density at radius 1 is 0.875 bits per heavy atom. The van der Waals surface area contributed by atoms with Crippen LogP contribution in [0.5, 0.6) is 11.5 Å². The van der Waals surface area contributed by atoms with Crippen LogP contribution in [0.3, 0.4) is 0 Å². The van der Waals surface area contributed by atoms with Gasteiger partial charge in [-0.2, -0.15) is 0 Å². The van der Waals surface area contributed by atoms with Crippen molar-refractivity contribution < 1.29 is 40.8 Å². The van der Waals surface area contributed by atoms with Gasteiger partial charge in [0, 0.05) is 0 Å². The summed E-state index contributed by atoms with van der Waals surface area (Å²) in [5.74, 6) is 1.59. The maximum Gasteiger partial charge on any atom is 1.00 e. The van der Waals surface area contributed by atoms with Gasteiger partial charge >= 0.3 is 29.6 Å². The molecule has 2 aromatic rings. The second-order valence-corrected chi connectivity index (χ2v) is 3.22. The molecule has 0 fully saturated rings. The Hall–Kier alpha value is -0.800. The van der Waals surface area contributed by atoms with Crippen LogP contribution in [0.4, 0.5) is 0 Å². The van der Waals surface area contributed by atoms with E-state index in [0.717, 1.165) is 17.1 Å². The summed E-state index contributed by atoms with van der Waals surface area (Å²) in [6.07, 6.45) is 0. The third-order valence-electron chi connectivity index (χ3n) is 2.08. The van der Waals surface area contributed by atoms with E-state index >= 15 is 0 Å². The molecule has 0 heterocycles. The Morgan fingerprint density at radius 3 is 2.00 bits per heavy atom. The Balaban J connectivity index is 0.00000128. The SMILES string of the molecule is OCc1ccc(Oc2ccccc2)cc1.[H-].[Na+]. The molecule has 0 bridgehead atoms. The molecule has 0 saturated heterocycles. The molecule has 0 saturated carbocycles. The van der Waals surface area contributed by atoms with Crippen LogP contribution >= 0.6 is 0 Å². The van der Waals surface area contributed by atoms with Gasteiger partial charge in [-0.05, 0) is 29.8 Å². The summed E-state index contributed by atoms with van der Waals surface area (Å²) in [6.45, 7) is 0.0611. The molecule has 0 aliphatic heterocycles. The quantitative estimate of drug-likeness (QED) is 0.749. The summed E-state index contributed by atoms with van der Waals surface area (Å²) in [5, 5.41) is 8.88. The van der Waals surface area contributed by atoms with Gasteiger partial charge in [0.05, 0.1) is 6.61 Å². The first kappa shape index (κ1) is 13.3. The first-order valence-corrected chi connectivity index (χ1v) is 4.81. The fourth-order valence-electron chi connectivity index (χ4n) is 1.29. The van der Waals surface area contributed by atoms with Gasteiger partial charge in [-0.25, -0.2) is 0 Å². The Morgan fingerprint density at radius 2 is 1.44 bits per heavy atom. The largest absolute Gasteiger partial charge is 1.00 e. The van der Waals surface area contributed by atoms with Crippen LogP contribution in [0.25, 0.3) is 0 Å². The van der Waals surface area contributed by atoms with E-state index in [-0.39, 0.29) is 37.6 Å². The van der Waals surface area contributed by atoms with Crippen LogP contribution in [0.15, 0.2) is 54.6 Å². The molecule has 0 spiro atoms. The minimum absolute atomic E-state index is 0. The minimum Gasteiger partial charge on any atom is -1.00 e. The molecule has 0 unspecified atom stereocenters. The van der Waals surface area contributed by atoms with Crippen molar-refractivity contribution in [3.63, 3.8) is 0 Å². The molecular weight excluding hydrogens is 211 g/mol. The van der Waals surface area contributed by atoms with Crippen molar-refractivity contribution in [3.8, 4) is 11.5 Å². The fourth-order valence-corrected chi connectivity index (χ4v) is 1.29. The number of aliphatic hydroxyl groups is 1. The van der Waals surface area contributed by atoms with E-state index in [1.807, 2.05) is 54.6 Å². The maximum absolute atomic E-state index is 8.88. The molecule has 0 amide bonds. The summed E-state index contributed by atoms with van der Waals surface area (Å²) in [7, 11) is 0. The van der Waals surface area contributed by atoms with Crippen LogP contribution in [0.2, 0.25) is 0 Å². The van der Waals surface area contributed by atoms with Crippen molar-refractivity contribution in [3.05, 3.63) is 60.2 Å². The molecule has 0 aliphatic rings. The molecule has 0 aliphatic carbocycles. The molecule has 3 heteroatoms. The maximum atomic E-state index is 8.88. The number of aliphatic hydroxyl groups excluding tert-OH is 1. The van der Waals surface area contributed by atoms with Crippen molar-refractivity contribution in [1.29, 1.82) is 0 Å². The zero-order valence-corrected chi connectivity index (χ0v) is 11.3. The van der Waals surface area contributed by atoms with Crippen LogP contribution in [0.1, 0.15) is 6.99 Å². The Bertz CT molecular complexity index is 417. The number of hydrogen-bond acceptors (Lipinski definition) is 2. The van der Waals surface area contributed by atoms with Crippen LogP contribution in [0, 0.1) is 0 Å². The van der Waals surface area contributed by atoms with E-state index in [9.17, 15) is 0 Å². The second kappa shape index (κ2) is 6.71. The summed E-state index contributed by atoms with van der Waals surface area (Å²) in [5.41, 5.74) is 0.885. The fraction of sp³-hybridized carbons (Fsp3) is 0.0769. The normalized spacial score (nSPS) is 9.31. The molecule has 0 radical (unpaired) electrons. The van der Waals surface area contributed by atoms with Crippen LogP contribution < -0.4 is 34.3 Å². The number of hydrogen-bond donors (Lipinski definition) is 1. The summed E-state index contributed by atoms with van der Waals surface area (Å²) < 4.78 is 5.60. The first-order chi connectivity index (χ1) is 7.38. The molecule has 2 nitrogen and oxygen atoms in total. The van der Waals surface area contributed by atoms with Crippen molar-refractivity contribution >= 4 is 0 Å². The molecule has 2 aromatic carbocycles. The molecule has 78 valence electrons. The summed E-state index contributed by atoms with van der Waals surface area (Å²) in [6, 6.07) is 17.0. The van der Waals surface area contributed by atoms with Crippen molar-refractivity contribution in [2.45, 2.75) is 6.61 Å². The topological polar surface area (TPSA) is 29.5 Å². The minimum atomic E-state index is 0. The average molecular weight is 224 g/mol. The van der Waals surface area contributed by atoms with Crippen LogP contribution in [-0.2, 0) is 6.61 Å². The van der Waals surface area contributed by atoms with E-state index in [0.29, 0.717) is 0 Å². The molecule has 1 N–H and O–H groups in total. The van der Waals surface area contributed by atoms with E-state index in [2.05, 4.69) is 0 Å². The molecule has 16 heavy (non-hydrogen) atoms. The second-order valence-electron chi connectivity index (χ2n) is 3.22. The first-order valence-electron chi connectivity index (χ1n) is 4.81. The van der Waals surface area contributed by atoms with Gasteiger partial charge in [-0.3, -0.25) is 0 Å². The predicted octanol–water partition coefficient (Wildman–Crippen LogP) is 0.0877. The molecule has 2 rings (SSSR count).